The van der Waals surface area contributed by atoms with Crippen molar-refractivity contribution in [3.8, 4) is 11.5 Å². The van der Waals surface area contributed by atoms with Crippen molar-refractivity contribution in [2.24, 2.45) is 0 Å². The van der Waals surface area contributed by atoms with Gasteiger partial charge in [0.25, 0.3) is 5.91 Å². The number of benzene rings is 1. The molecule has 2 aliphatic rings. The lowest BCUT2D eigenvalue weighted by Gasteiger charge is -2.28. The number of nitrogens with zero attached hydrogens (tertiary/aromatic N) is 1. The molecule has 3 N–H and O–H groups in total. The number of phenols is 1. The molecule has 0 radical (unpaired) electrons. The number of fused-ring (bicyclic) bond motifs is 3. The monoisotopic (exact) mass is 417 g/mol. The molecular weight excluding hydrogens is 394 g/mol. The van der Waals surface area contributed by atoms with E-state index in [2.05, 4.69) is 10.6 Å². The van der Waals surface area contributed by atoms with Crippen LogP contribution in [-0.2, 0) is 17.7 Å². The average Bonchev–Trinajstić information content (AvgIpc) is 3.06. The summed E-state index contributed by atoms with van der Waals surface area (Å²) < 4.78 is 10.5. The molecule has 2 aliphatic heterocycles. The van der Waals surface area contributed by atoms with Gasteiger partial charge in [0.2, 0.25) is 0 Å². The van der Waals surface area contributed by atoms with E-state index < -0.39 is 6.17 Å². The van der Waals surface area contributed by atoms with E-state index in [-0.39, 0.29) is 17.7 Å². The average molecular weight is 417 g/mol. The number of thiophene rings is 1. The standard InChI is InChI=1S/C20H23N3O5S/c1-3-27-11-5-6-12(14(24)9-11)17-21-18(25)16-13-7-8-23(20(26)28-4-2)10-15(13)29-19(16)22-17/h5-6,9,17,22,24H,3-4,7-8,10H2,1-2H3,(H,21,25)/t17-/m0/s1. The first kappa shape index (κ1) is 19.4. The van der Waals surface area contributed by atoms with Gasteiger partial charge in [0.15, 0.2) is 0 Å². The molecule has 1 aromatic heterocycles. The number of hydrogen-bond donors (Lipinski definition) is 3. The van der Waals surface area contributed by atoms with Crippen molar-refractivity contribution >= 4 is 28.3 Å². The Kier molecular flexibility index (Phi) is 5.23. The van der Waals surface area contributed by atoms with Crippen LogP contribution in [0.2, 0.25) is 0 Å². The van der Waals surface area contributed by atoms with Crippen molar-refractivity contribution in [2.45, 2.75) is 33.0 Å². The minimum absolute atomic E-state index is 0.0482. The van der Waals surface area contributed by atoms with Gasteiger partial charge in [-0.15, -0.1) is 11.3 Å². The number of rotatable bonds is 4. The van der Waals surface area contributed by atoms with Gasteiger partial charge in [-0.25, -0.2) is 4.79 Å². The molecule has 0 saturated heterocycles. The molecule has 1 atom stereocenters. The third-order valence-corrected chi connectivity index (χ3v) is 6.13. The second-order valence-corrected chi connectivity index (χ2v) is 7.89. The van der Waals surface area contributed by atoms with E-state index in [0.717, 1.165) is 15.4 Å². The molecule has 0 saturated carbocycles. The minimum atomic E-state index is -0.549. The maximum Gasteiger partial charge on any atom is 0.410 e. The van der Waals surface area contributed by atoms with Crippen LogP contribution in [0.4, 0.5) is 9.80 Å². The van der Waals surface area contributed by atoms with Gasteiger partial charge in [0.05, 0.1) is 25.3 Å². The lowest BCUT2D eigenvalue weighted by atomic mass is 10.0. The van der Waals surface area contributed by atoms with Crippen molar-refractivity contribution < 1.29 is 24.2 Å². The number of ether oxygens (including phenoxy) is 2. The van der Waals surface area contributed by atoms with Crippen LogP contribution >= 0.6 is 11.3 Å². The van der Waals surface area contributed by atoms with Crippen LogP contribution in [0.15, 0.2) is 18.2 Å². The number of carbonyl (C=O) groups excluding carboxylic acids is 2. The Bertz CT molecular complexity index is 958. The van der Waals surface area contributed by atoms with Crippen LogP contribution in [-0.4, -0.2) is 41.8 Å². The van der Waals surface area contributed by atoms with Gasteiger partial charge in [-0.1, -0.05) is 0 Å². The molecule has 0 fully saturated rings. The zero-order chi connectivity index (χ0) is 20.5. The maximum atomic E-state index is 12.8. The zero-order valence-corrected chi connectivity index (χ0v) is 17.1. The molecular formula is C20H23N3O5S. The van der Waals surface area contributed by atoms with Crippen molar-refractivity contribution in [3.05, 3.63) is 39.8 Å². The third-order valence-electron chi connectivity index (χ3n) is 4.98. The number of phenolic OH excluding ortho intramolecular Hbond substituents is 1. The summed E-state index contributed by atoms with van der Waals surface area (Å²) in [5.41, 5.74) is 2.17. The number of hydrogen-bond acceptors (Lipinski definition) is 7. The molecule has 2 aromatic rings. The van der Waals surface area contributed by atoms with Crippen LogP contribution in [0.5, 0.6) is 11.5 Å². The Balaban J connectivity index is 1.58. The molecule has 0 aliphatic carbocycles. The Morgan fingerprint density at radius 3 is 2.86 bits per heavy atom. The van der Waals surface area contributed by atoms with E-state index in [4.69, 9.17) is 9.47 Å². The fraction of sp³-hybridized carbons (Fsp3) is 0.400. The second-order valence-electron chi connectivity index (χ2n) is 6.78. The summed E-state index contributed by atoms with van der Waals surface area (Å²) in [4.78, 5) is 27.5. The summed E-state index contributed by atoms with van der Waals surface area (Å²) in [6, 6.07) is 5.04. The maximum absolute atomic E-state index is 12.8. The Labute approximate surface area is 172 Å². The highest BCUT2D eigenvalue weighted by molar-refractivity contribution is 7.16. The number of anilines is 1. The molecule has 3 heterocycles. The van der Waals surface area contributed by atoms with E-state index >= 15 is 0 Å². The number of aromatic hydroxyl groups is 1. The second kappa shape index (κ2) is 7.82. The van der Waals surface area contributed by atoms with Crippen molar-refractivity contribution in [1.82, 2.24) is 10.2 Å². The van der Waals surface area contributed by atoms with Gasteiger partial charge in [0.1, 0.15) is 22.7 Å². The van der Waals surface area contributed by atoms with E-state index in [0.29, 0.717) is 49.6 Å². The Morgan fingerprint density at radius 1 is 1.31 bits per heavy atom. The topological polar surface area (TPSA) is 100 Å². The number of carbonyl (C=O) groups is 2. The smallest absolute Gasteiger partial charge is 0.410 e. The van der Waals surface area contributed by atoms with Gasteiger partial charge in [0, 0.05) is 23.1 Å². The summed E-state index contributed by atoms with van der Waals surface area (Å²) in [7, 11) is 0. The fourth-order valence-electron chi connectivity index (χ4n) is 3.67. The summed E-state index contributed by atoms with van der Waals surface area (Å²) in [5, 5.41) is 17.4. The van der Waals surface area contributed by atoms with E-state index in [9.17, 15) is 14.7 Å². The van der Waals surface area contributed by atoms with Gasteiger partial charge in [-0.2, -0.15) is 0 Å². The molecule has 8 nitrogen and oxygen atoms in total. The SMILES string of the molecule is CCOC(=O)N1CCc2c(sc3c2C(=O)N[C@H](c2ccc(OCC)cc2O)N3)C1. The normalized spacial score (nSPS) is 17.7. The number of nitrogens with one attached hydrogen (secondary N) is 2. The predicted octanol–water partition coefficient (Wildman–Crippen LogP) is 3.22. The highest BCUT2D eigenvalue weighted by atomic mass is 32.1. The number of amides is 2. The fourth-order valence-corrected chi connectivity index (χ4v) is 4.95. The van der Waals surface area contributed by atoms with Crippen LogP contribution in [0.1, 0.15) is 46.4 Å². The quantitative estimate of drug-likeness (QED) is 0.706. The van der Waals surface area contributed by atoms with Crippen LogP contribution in [0, 0.1) is 0 Å². The largest absolute Gasteiger partial charge is 0.507 e. The van der Waals surface area contributed by atoms with Crippen LogP contribution in [0.25, 0.3) is 0 Å². The van der Waals surface area contributed by atoms with Crippen molar-refractivity contribution in [1.29, 1.82) is 0 Å². The van der Waals surface area contributed by atoms with Gasteiger partial charge >= 0.3 is 6.09 Å². The first-order valence-corrected chi connectivity index (χ1v) is 10.4. The lowest BCUT2D eigenvalue weighted by Crippen LogP contribution is -2.39. The highest BCUT2D eigenvalue weighted by Crippen LogP contribution is 2.42. The highest BCUT2D eigenvalue weighted by Gasteiger charge is 2.35. The minimum Gasteiger partial charge on any atom is -0.507 e. The third kappa shape index (κ3) is 3.57. The molecule has 0 spiro atoms. The van der Waals surface area contributed by atoms with Crippen LogP contribution in [0.3, 0.4) is 0 Å². The van der Waals surface area contributed by atoms with Gasteiger partial charge < -0.3 is 30.1 Å². The zero-order valence-electron chi connectivity index (χ0n) is 16.3. The molecule has 0 bridgehead atoms. The molecule has 154 valence electrons. The summed E-state index contributed by atoms with van der Waals surface area (Å²) >= 11 is 1.47. The van der Waals surface area contributed by atoms with Gasteiger partial charge in [-0.05, 0) is 38.0 Å². The molecule has 4 rings (SSSR count). The molecule has 29 heavy (non-hydrogen) atoms. The predicted molar refractivity (Wildman–Crippen MR) is 109 cm³/mol. The van der Waals surface area contributed by atoms with Crippen molar-refractivity contribution in [2.75, 3.05) is 25.1 Å². The van der Waals surface area contributed by atoms with E-state index in [1.54, 1.807) is 30.0 Å². The molecule has 9 heteroatoms. The van der Waals surface area contributed by atoms with E-state index in [1.807, 2.05) is 6.92 Å². The Hall–Kier alpha value is -2.94. The summed E-state index contributed by atoms with van der Waals surface area (Å²) in [6.07, 6.45) is -0.278. The summed E-state index contributed by atoms with van der Waals surface area (Å²) in [5.74, 6) is 0.438. The molecule has 1 aromatic carbocycles. The van der Waals surface area contributed by atoms with Gasteiger partial charge in [-0.3, -0.25) is 4.79 Å². The van der Waals surface area contributed by atoms with E-state index in [1.165, 1.54) is 11.3 Å². The molecule has 0 unspecified atom stereocenters. The first-order valence-electron chi connectivity index (χ1n) is 9.61. The van der Waals surface area contributed by atoms with Crippen LogP contribution < -0.4 is 15.4 Å². The van der Waals surface area contributed by atoms with Crippen molar-refractivity contribution in [3.63, 3.8) is 0 Å². The lowest BCUT2D eigenvalue weighted by molar-refractivity contribution is 0.0934. The summed E-state index contributed by atoms with van der Waals surface area (Å²) in [6.45, 7) is 5.44. The molecule has 2 amide bonds. The first-order chi connectivity index (χ1) is 14.0. The Morgan fingerprint density at radius 2 is 2.14 bits per heavy atom.